The fraction of sp³-hybridized carbons (Fsp3) is 0.167. The lowest BCUT2D eigenvalue weighted by Crippen LogP contribution is -1.96. The van der Waals surface area contributed by atoms with Gasteiger partial charge in [0, 0.05) is 12.8 Å². The van der Waals surface area contributed by atoms with Crippen molar-refractivity contribution >= 4 is 29.2 Å². The summed E-state index contributed by atoms with van der Waals surface area (Å²) in [6, 6.07) is 10.2. The Bertz CT molecular complexity index is 490. The Kier molecular flexibility index (Phi) is 4.23. The van der Waals surface area contributed by atoms with Crippen LogP contribution in [0.4, 0.5) is 5.82 Å². The topological polar surface area (TPSA) is 37.8 Å². The second kappa shape index (κ2) is 5.89. The second-order valence-electron chi connectivity index (χ2n) is 3.37. The molecule has 0 saturated heterocycles. The van der Waals surface area contributed by atoms with Crippen LogP contribution in [-0.4, -0.2) is 17.0 Å². The van der Waals surface area contributed by atoms with Crippen LogP contribution in [0.25, 0.3) is 0 Å². The van der Waals surface area contributed by atoms with Crippen LogP contribution in [0.15, 0.2) is 41.6 Å². The SMILES string of the molecule is CNc1ncc(SCc2ccccc2)nc1Cl. The quantitative estimate of drug-likeness (QED) is 0.859. The van der Waals surface area contributed by atoms with E-state index in [1.54, 1.807) is 25.0 Å². The van der Waals surface area contributed by atoms with E-state index in [4.69, 9.17) is 11.6 Å². The van der Waals surface area contributed by atoms with Crippen LogP contribution in [-0.2, 0) is 5.75 Å². The number of hydrogen-bond acceptors (Lipinski definition) is 4. The van der Waals surface area contributed by atoms with Gasteiger partial charge in [-0.25, -0.2) is 9.97 Å². The first kappa shape index (κ1) is 12.2. The van der Waals surface area contributed by atoms with Gasteiger partial charge in [-0.3, -0.25) is 0 Å². The number of aromatic nitrogens is 2. The number of anilines is 1. The van der Waals surface area contributed by atoms with Crippen LogP contribution in [0.1, 0.15) is 5.56 Å². The van der Waals surface area contributed by atoms with Crippen LogP contribution >= 0.6 is 23.4 Å². The highest BCUT2D eigenvalue weighted by Gasteiger charge is 2.04. The van der Waals surface area contributed by atoms with E-state index in [2.05, 4.69) is 27.4 Å². The molecule has 0 radical (unpaired) electrons. The summed E-state index contributed by atoms with van der Waals surface area (Å²) >= 11 is 7.58. The van der Waals surface area contributed by atoms with Crippen LogP contribution in [0.2, 0.25) is 5.15 Å². The Labute approximate surface area is 110 Å². The lowest BCUT2D eigenvalue weighted by molar-refractivity contribution is 1.05. The molecule has 1 heterocycles. The van der Waals surface area contributed by atoms with Crippen molar-refractivity contribution in [1.82, 2.24) is 9.97 Å². The molecular formula is C12H12ClN3S. The summed E-state index contributed by atoms with van der Waals surface area (Å²) in [6.45, 7) is 0. The van der Waals surface area contributed by atoms with Crippen LogP contribution < -0.4 is 5.32 Å². The van der Waals surface area contributed by atoms with Gasteiger partial charge in [-0.2, -0.15) is 0 Å². The van der Waals surface area contributed by atoms with Gasteiger partial charge in [0.25, 0.3) is 0 Å². The predicted molar refractivity (Wildman–Crippen MR) is 72.6 cm³/mol. The third-order valence-corrected chi connectivity index (χ3v) is 3.41. The first-order chi connectivity index (χ1) is 8.29. The zero-order valence-electron chi connectivity index (χ0n) is 9.35. The number of hydrogen-bond donors (Lipinski definition) is 1. The summed E-state index contributed by atoms with van der Waals surface area (Å²) in [5, 5.41) is 4.12. The minimum Gasteiger partial charge on any atom is -0.371 e. The molecule has 1 N–H and O–H groups in total. The van der Waals surface area contributed by atoms with Gasteiger partial charge in [0.05, 0.1) is 6.20 Å². The third kappa shape index (κ3) is 3.35. The molecular weight excluding hydrogens is 254 g/mol. The standard InChI is InChI=1S/C12H12ClN3S/c1-14-12-11(13)16-10(7-15-12)17-8-9-5-3-2-4-6-9/h2-7H,8H2,1H3,(H,14,15). The van der Waals surface area contributed by atoms with Gasteiger partial charge >= 0.3 is 0 Å². The van der Waals surface area contributed by atoms with Gasteiger partial charge in [-0.1, -0.05) is 41.9 Å². The van der Waals surface area contributed by atoms with Crippen molar-refractivity contribution in [3.63, 3.8) is 0 Å². The van der Waals surface area contributed by atoms with Gasteiger partial charge in [0.1, 0.15) is 5.03 Å². The smallest absolute Gasteiger partial charge is 0.172 e. The average Bonchev–Trinajstić information content (AvgIpc) is 2.38. The highest BCUT2D eigenvalue weighted by Crippen LogP contribution is 2.24. The molecule has 88 valence electrons. The number of nitrogens with one attached hydrogen (secondary N) is 1. The molecule has 0 aliphatic heterocycles. The maximum Gasteiger partial charge on any atom is 0.172 e. The molecule has 0 amide bonds. The molecule has 2 aromatic rings. The van der Waals surface area contributed by atoms with Crippen molar-refractivity contribution in [3.05, 3.63) is 47.2 Å². The maximum absolute atomic E-state index is 5.96. The Morgan fingerprint density at radius 3 is 2.71 bits per heavy atom. The zero-order chi connectivity index (χ0) is 12.1. The summed E-state index contributed by atoms with van der Waals surface area (Å²) in [5.74, 6) is 1.47. The predicted octanol–water partition coefficient (Wildman–Crippen LogP) is 3.46. The number of rotatable bonds is 4. The van der Waals surface area contributed by atoms with Crippen LogP contribution in [0.5, 0.6) is 0 Å². The fourth-order valence-electron chi connectivity index (χ4n) is 1.32. The molecule has 0 unspecified atom stereocenters. The normalized spacial score (nSPS) is 10.2. The van der Waals surface area contributed by atoms with Gasteiger partial charge in [0.2, 0.25) is 0 Å². The summed E-state index contributed by atoms with van der Waals surface area (Å²) in [5.41, 5.74) is 1.26. The summed E-state index contributed by atoms with van der Waals surface area (Å²) < 4.78 is 0. The summed E-state index contributed by atoms with van der Waals surface area (Å²) in [6.07, 6.45) is 1.73. The van der Waals surface area contributed by atoms with Gasteiger partial charge < -0.3 is 5.32 Å². The van der Waals surface area contributed by atoms with E-state index in [1.165, 1.54) is 5.56 Å². The van der Waals surface area contributed by atoms with Crippen molar-refractivity contribution < 1.29 is 0 Å². The van der Waals surface area contributed by atoms with Crippen molar-refractivity contribution in [2.45, 2.75) is 10.8 Å². The molecule has 3 nitrogen and oxygen atoms in total. The molecule has 0 fully saturated rings. The molecule has 0 spiro atoms. The number of thioether (sulfide) groups is 1. The molecule has 0 aliphatic rings. The first-order valence-electron chi connectivity index (χ1n) is 5.16. The largest absolute Gasteiger partial charge is 0.371 e. The lowest BCUT2D eigenvalue weighted by Gasteiger charge is -2.04. The van der Waals surface area contributed by atoms with E-state index >= 15 is 0 Å². The Hall–Kier alpha value is -1.26. The minimum atomic E-state index is 0.408. The van der Waals surface area contributed by atoms with Crippen molar-refractivity contribution in [1.29, 1.82) is 0 Å². The lowest BCUT2D eigenvalue weighted by atomic mass is 10.2. The molecule has 0 atom stereocenters. The van der Waals surface area contributed by atoms with Gasteiger partial charge in [-0.15, -0.1) is 11.8 Å². The van der Waals surface area contributed by atoms with Crippen LogP contribution in [0.3, 0.4) is 0 Å². The highest BCUT2D eigenvalue weighted by atomic mass is 35.5. The van der Waals surface area contributed by atoms with Crippen molar-refractivity contribution in [2.75, 3.05) is 12.4 Å². The molecule has 5 heteroatoms. The molecule has 0 bridgehead atoms. The number of benzene rings is 1. The molecule has 17 heavy (non-hydrogen) atoms. The molecule has 1 aromatic heterocycles. The Morgan fingerprint density at radius 1 is 1.29 bits per heavy atom. The third-order valence-electron chi connectivity index (χ3n) is 2.17. The minimum absolute atomic E-state index is 0.408. The van der Waals surface area contributed by atoms with E-state index in [0.717, 1.165) is 10.8 Å². The highest BCUT2D eigenvalue weighted by molar-refractivity contribution is 7.98. The monoisotopic (exact) mass is 265 g/mol. The van der Waals surface area contributed by atoms with E-state index < -0.39 is 0 Å². The Morgan fingerprint density at radius 2 is 2.06 bits per heavy atom. The van der Waals surface area contributed by atoms with E-state index in [9.17, 15) is 0 Å². The fourth-order valence-corrected chi connectivity index (χ4v) is 2.39. The summed E-state index contributed by atoms with van der Waals surface area (Å²) in [7, 11) is 1.77. The second-order valence-corrected chi connectivity index (χ2v) is 4.73. The molecule has 0 aliphatic carbocycles. The molecule has 1 aromatic carbocycles. The van der Waals surface area contributed by atoms with E-state index in [0.29, 0.717) is 11.0 Å². The first-order valence-corrected chi connectivity index (χ1v) is 6.53. The van der Waals surface area contributed by atoms with E-state index in [-0.39, 0.29) is 0 Å². The van der Waals surface area contributed by atoms with E-state index in [1.807, 2.05) is 18.2 Å². The maximum atomic E-state index is 5.96. The molecule has 2 rings (SSSR count). The number of nitrogens with zero attached hydrogens (tertiary/aromatic N) is 2. The zero-order valence-corrected chi connectivity index (χ0v) is 10.9. The van der Waals surface area contributed by atoms with Crippen molar-refractivity contribution in [2.24, 2.45) is 0 Å². The summed E-state index contributed by atoms with van der Waals surface area (Å²) in [4.78, 5) is 8.45. The van der Waals surface area contributed by atoms with Gasteiger partial charge in [0.15, 0.2) is 11.0 Å². The number of halogens is 1. The Balaban J connectivity index is 2.02. The molecule has 0 saturated carbocycles. The van der Waals surface area contributed by atoms with Crippen molar-refractivity contribution in [3.8, 4) is 0 Å². The average molecular weight is 266 g/mol. The van der Waals surface area contributed by atoms with Crippen LogP contribution in [0, 0.1) is 0 Å². The van der Waals surface area contributed by atoms with Gasteiger partial charge in [-0.05, 0) is 5.56 Å².